The van der Waals surface area contributed by atoms with Crippen molar-refractivity contribution in [3.8, 4) is 11.1 Å². The molecule has 0 saturated heterocycles. The largest absolute Gasteiger partial charge is 0.359 e. The third-order valence-corrected chi connectivity index (χ3v) is 9.92. The first-order chi connectivity index (χ1) is 20.2. The Morgan fingerprint density at radius 3 is 2.62 bits per heavy atom. The van der Waals surface area contributed by atoms with Gasteiger partial charge in [0, 0.05) is 35.3 Å². The molecule has 1 fully saturated rings. The number of anilines is 1. The topological polar surface area (TPSA) is 118 Å². The van der Waals surface area contributed by atoms with Gasteiger partial charge in [0.1, 0.15) is 17.1 Å². The third-order valence-electron chi connectivity index (χ3n) is 8.53. The van der Waals surface area contributed by atoms with Crippen LogP contribution in [0.5, 0.6) is 0 Å². The lowest BCUT2D eigenvalue weighted by molar-refractivity contribution is -0.131. The normalized spacial score (nSPS) is 16.5. The fourth-order valence-electron chi connectivity index (χ4n) is 6.08. The number of amidine groups is 1. The predicted molar refractivity (Wildman–Crippen MR) is 163 cm³/mol. The Hall–Kier alpha value is -4.05. The first kappa shape index (κ1) is 28.1. The number of fused-ring (bicyclic) bond motifs is 1. The summed E-state index contributed by atoms with van der Waals surface area (Å²) in [6.07, 6.45) is 9.88. The highest BCUT2D eigenvalue weighted by atomic mass is 32.2. The third kappa shape index (κ3) is 4.98. The smallest absolute Gasteiger partial charge is 0.263 e. The number of unbranched alkanes of at least 4 members (excludes halogenated alkanes) is 1. The van der Waals surface area contributed by atoms with Gasteiger partial charge in [-0.1, -0.05) is 49.5 Å². The lowest BCUT2D eigenvalue weighted by atomic mass is 9.96. The molecule has 3 heterocycles. The van der Waals surface area contributed by atoms with Crippen LogP contribution in [0.15, 0.2) is 69.3 Å². The molecule has 1 amide bonds. The summed E-state index contributed by atoms with van der Waals surface area (Å²) < 4.78 is 35.0. The second kappa shape index (κ2) is 11.0. The molecular formula is C32H35N5O4S. The van der Waals surface area contributed by atoms with Crippen molar-refractivity contribution in [1.82, 2.24) is 15.0 Å². The van der Waals surface area contributed by atoms with Gasteiger partial charge in [-0.25, -0.2) is 8.42 Å². The van der Waals surface area contributed by atoms with Gasteiger partial charge in [-0.3, -0.25) is 24.4 Å². The molecule has 1 aliphatic heterocycles. The summed E-state index contributed by atoms with van der Waals surface area (Å²) in [5.74, 6) is 1.66. The van der Waals surface area contributed by atoms with Crippen LogP contribution in [0.4, 0.5) is 5.82 Å². The van der Waals surface area contributed by atoms with Crippen molar-refractivity contribution in [2.75, 3.05) is 4.72 Å². The maximum Gasteiger partial charge on any atom is 0.263 e. The zero-order chi connectivity index (χ0) is 29.5. The monoisotopic (exact) mass is 585 g/mol. The number of aliphatic imine (C=N–C) groups is 1. The van der Waals surface area contributed by atoms with Crippen LogP contribution in [0.3, 0.4) is 0 Å². The van der Waals surface area contributed by atoms with E-state index in [-0.39, 0.29) is 16.6 Å². The van der Waals surface area contributed by atoms with Crippen LogP contribution in [0.1, 0.15) is 68.8 Å². The molecule has 0 radical (unpaired) electrons. The van der Waals surface area contributed by atoms with Crippen LogP contribution < -0.4 is 4.72 Å². The molecule has 1 saturated carbocycles. The number of aryl methyl sites for hydroxylation is 1. The maximum absolute atomic E-state index is 13.9. The van der Waals surface area contributed by atoms with Crippen LogP contribution in [-0.4, -0.2) is 40.7 Å². The molecule has 0 atom stereocenters. The van der Waals surface area contributed by atoms with Gasteiger partial charge in [0.25, 0.3) is 15.9 Å². The average Bonchev–Trinajstić information content (AvgIpc) is 3.67. The van der Waals surface area contributed by atoms with Crippen molar-refractivity contribution in [1.29, 1.82) is 0 Å². The zero-order valence-corrected chi connectivity index (χ0v) is 25.0. The van der Waals surface area contributed by atoms with Gasteiger partial charge in [-0.2, -0.15) is 0 Å². The highest BCUT2D eigenvalue weighted by Crippen LogP contribution is 2.41. The molecule has 1 aliphatic carbocycles. The van der Waals surface area contributed by atoms with E-state index in [1.807, 2.05) is 29.2 Å². The number of rotatable bonds is 9. The zero-order valence-electron chi connectivity index (χ0n) is 24.2. The van der Waals surface area contributed by atoms with Crippen molar-refractivity contribution < 1.29 is 17.7 Å². The van der Waals surface area contributed by atoms with Crippen LogP contribution in [-0.2, 0) is 21.4 Å². The van der Waals surface area contributed by atoms with E-state index in [4.69, 9.17) is 9.52 Å². The number of hydrogen-bond donors (Lipinski definition) is 1. The average molecular weight is 586 g/mol. The Bertz CT molecular complexity index is 1800. The van der Waals surface area contributed by atoms with E-state index < -0.39 is 15.6 Å². The van der Waals surface area contributed by atoms with E-state index in [0.29, 0.717) is 29.0 Å². The van der Waals surface area contributed by atoms with E-state index >= 15 is 0 Å². The van der Waals surface area contributed by atoms with E-state index in [9.17, 15) is 13.2 Å². The summed E-state index contributed by atoms with van der Waals surface area (Å²) >= 11 is 0. The van der Waals surface area contributed by atoms with E-state index in [1.165, 1.54) is 0 Å². The highest BCUT2D eigenvalue weighted by Gasteiger charge is 2.49. The molecule has 2 aromatic heterocycles. The van der Waals surface area contributed by atoms with Gasteiger partial charge in [0.05, 0.1) is 11.4 Å². The number of hydrogen-bond acceptors (Lipinski definition) is 7. The number of carbonyl (C=O) groups excluding carboxylic acids is 1. The lowest BCUT2D eigenvalue weighted by Gasteiger charge is -2.24. The van der Waals surface area contributed by atoms with Crippen molar-refractivity contribution in [2.45, 2.75) is 82.7 Å². The summed E-state index contributed by atoms with van der Waals surface area (Å²) in [6.45, 7) is 5.99. The number of nitrogens with zero attached hydrogens (tertiary/aromatic N) is 4. The Kier molecular flexibility index (Phi) is 7.34. The second-order valence-electron chi connectivity index (χ2n) is 11.3. The SMILES string of the molecule is CCCCC1=NC2(CCCC2)C(=O)N1Cc1cc(-c2ccccc2S(=O)(=O)Nc2noc(C)c2C)cc2cnccc12. The molecule has 0 bridgehead atoms. The quantitative estimate of drug-likeness (QED) is 0.238. The highest BCUT2D eigenvalue weighted by molar-refractivity contribution is 7.92. The van der Waals surface area contributed by atoms with Gasteiger partial charge in [-0.15, -0.1) is 0 Å². The van der Waals surface area contributed by atoms with Gasteiger partial charge >= 0.3 is 0 Å². The van der Waals surface area contributed by atoms with Crippen molar-refractivity contribution in [2.24, 2.45) is 4.99 Å². The Morgan fingerprint density at radius 2 is 1.88 bits per heavy atom. The Morgan fingerprint density at radius 1 is 1.10 bits per heavy atom. The minimum Gasteiger partial charge on any atom is -0.359 e. The Labute approximate surface area is 246 Å². The van der Waals surface area contributed by atoms with Gasteiger partial charge in [0.2, 0.25) is 0 Å². The Balaban J connectivity index is 1.42. The first-order valence-corrected chi connectivity index (χ1v) is 16.0. The van der Waals surface area contributed by atoms with Crippen LogP contribution in [0.25, 0.3) is 21.9 Å². The van der Waals surface area contributed by atoms with Crippen LogP contribution in [0.2, 0.25) is 0 Å². The molecule has 1 spiro atoms. The maximum atomic E-state index is 13.9. The molecule has 6 rings (SSSR count). The number of aromatic nitrogens is 2. The van der Waals surface area contributed by atoms with Gasteiger partial charge < -0.3 is 4.52 Å². The molecule has 0 unspecified atom stereocenters. The summed E-state index contributed by atoms with van der Waals surface area (Å²) in [7, 11) is -4.00. The summed E-state index contributed by atoms with van der Waals surface area (Å²) in [4.78, 5) is 25.3. The lowest BCUT2D eigenvalue weighted by Crippen LogP contribution is -2.40. The number of amides is 1. The molecule has 42 heavy (non-hydrogen) atoms. The molecular weight excluding hydrogens is 550 g/mol. The molecule has 9 nitrogen and oxygen atoms in total. The van der Waals surface area contributed by atoms with Gasteiger partial charge in [0.15, 0.2) is 5.82 Å². The summed E-state index contributed by atoms with van der Waals surface area (Å²) in [5.41, 5.74) is 2.18. The summed E-state index contributed by atoms with van der Waals surface area (Å²) in [5, 5.41) is 5.72. The van der Waals surface area contributed by atoms with Crippen molar-refractivity contribution >= 4 is 38.4 Å². The van der Waals surface area contributed by atoms with E-state index in [2.05, 4.69) is 21.8 Å². The number of pyridine rings is 1. The van der Waals surface area contributed by atoms with Gasteiger partial charge in [-0.05, 0) is 73.9 Å². The first-order valence-electron chi connectivity index (χ1n) is 14.5. The molecule has 2 aromatic carbocycles. The molecule has 1 N–H and O–H groups in total. The number of benzene rings is 2. The number of sulfonamides is 1. The van der Waals surface area contributed by atoms with Crippen LogP contribution in [0, 0.1) is 13.8 Å². The summed E-state index contributed by atoms with van der Waals surface area (Å²) in [6, 6.07) is 12.8. The van der Waals surface area contributed by atoms with Crippen LogP contribution >= 0.6 is 0 Å². The minimum atomic E-state index is -4.00. The molecule has 10 heteroatoms. The fraction of sp³-hybridized carbons (Fsp3) is 0.375. The standard InChI is InChI=1S/C32H35N5O4S/c1-4-5-12-29-34-32(14-8-9-15-32)31(38)37(29)20-25-18-23(17-24-19-33-16-13-26(24)25)27-10-6-7-11-28(27)42(39,40)36-30-21(2)22(3)41-35-30/h6-7,10-11,13,16-19H,4-5,8-9,12,14-15,20H2,1-3H3,(H,35,36). The number of nitrogens with one attached hydrogen (secondary N) is 1. The van der Waals surface area contributed by atoms with E-state index in [0.717, 1.165) is 67.1 Å². The van der Waals surface area contributed by atoms with Crippen molar-refractivity contribution in [3.05, 3.63) is 71.7 Å². The van der Waals surface area contributed by atoms with E-state index in [1.54, 1.807) is 44.4 Å². The van der Waals surface area contributed by atoms with Crippen molar-refractivity contribution in [3.63, 3.8) is 0 Å². The number of carbonyl (C=O) groups is 1. The molecule has 4 aromatic rings. The molecule has 2 aliphatic rings. The predicted octanol–water partition coefficient (Wildman–Crippen LogP) is 6.55. The minimum absolute atomic E-state index is 0.0872. The second-order valence-corrected chi connectivity index (χ2v) is 13.0. The molecule has 218 valence electrons. The fourth-order valence-corrected chi connectivity index (χ4v) is 7.37.